The Balaban J connectivity index is 1.20. The highest BCUT2D eigenvalue weighted by atomic mass is 16.7. The van der Waals surface area contributed by atoms with E-state index in [2.05, 4.69) is 67.6 Å². The van der Waals surface area contributed by atoms with Crippen LogP contribution in [-0.2, 0) is 6.54 Å². The van der Waals surface area contributed by atoms with Crippen molar-refractivity contribution in [1.29, 1.82) is 0 Å². The molecule has 41 heavy (non-hydrogen) atoms. The Kier molecular flexibility index (Phi) is 6.96. The number of nitrogens with one attached hydrogen (secondary N) is 1. The van der Waals surface area contributed by atoms with Crippen LogP contribution in [-0.4, -0.2) is 68.0 Å². The van der Waals surface area contributed by atoms with Crippen molar-refractivity contribution >= 4 is 10.9 Å². The van der Waals surface area contributed by atoms with Gasteiger partial charge in [-0.05, 0) is 77.9 Å². The number of ether oxygens (including phenoxy) is 2. The summed E-state index contributed by atoms with van der Waals surface area (Å²) < 4.78 is 13.1. The van der Waals surface area contributed by atoms with E-state index in [0.717, 1.165) is 79.4 Å². The molecular formula is C31H37N7O3. The molecule has 0 spiro atoms. The van der Waals surface area contributed by atoms with Crippen molar-refractivity contribution in [2.75, 3.05) is 33.0 Å². The molecule has 1 aliphatic carbocycles. The summed E-state index contributed by atoms with van der Waals surface area (Å²) in [5.41, 5.74) is 4.98. The fourth-order valence-corrected chi connectivity index (χ4v) is 6.85. The highest BCUT2D eigenvalue weighted by molar-refractivity contribution is 5.83. The van der Waals surface area contributed by atoms with Crippen molar-refractivity contribution in [2.45, 2.75) is 64.6 Å². The first-order valence-electron chi connectivity index (χ1n) is 14.8. The number of benzene rings is 2. The van der Waals surface area contributed by atoms with Crippen LogP contribution in [0.5, 0.6) is 11.5 Å². The van der Waals surface area contributed by atoms with Crippen molar-refractivity contribution in [3.8, 4) is 11.5 Å². The van der Waals surface area contributed by atoms with Gasteiger partial charge in [0.1, 0.15) is 6.04 Å². The number of hydrogen-bond donors (Lipinski definition) is 1. The Morgan fingerprint density at radius 3 is 2.61 bits per heavy atom. The van der Waals surface area contributed by atoms with Gasteiger partial charge >= 0.3 is 0 Å². The highest BCUT2D eigenvalue weighted by Gasteiger charge is 2.34. The zero-order chi connectivity index (χ0) is 27.9. The number of aromatic nitrogens is 5. The fraction of sp³-hybridized carbons (Fsp3) is 0.484. The number of H-pyrrole nitrogens is 1. The minimum absolute atomic E-state index is 0.0737. The Bertz CT molecular complexity index is 1620. The molecule has 10 nitrogen and oxygen atoms in total. The van der Waals surface area contributed by atoms with Crippen LogP contribution in [0.4, 0.5) is 0 Å². The largest absolute Gasteiger partial charge is 0.454 e. The van der Waals surface area contributed by atoms with Crippen LogP contribution in [0.3, 0.4) is 0 Å². The van der Waals surface area contributed by atoms with Gasteiger partial charge in [0.05, 0.1) is 11.6 Å². The van der Waals surface area contributed by atoms with E-state index in [1.807, 2.05) is 17.7 Å². The van der Waals surface area contributed by atoms with Gasteiger partial charge in [-0.3, -0.25) is 14.6 Å². The minimum Gasteiger partial charge on any atom is -0.454 e. The predicted octanol–water partition coefficient (Wildman–Crippen LogP) is 4.27. The number of rotatable bonds is 6. The first-order valence-corrected chi connectivity index (χ1v) is 14.8. The molecule has 2 aromatic heterocycles. The fourth-order valence-electron chi connectivity index (χ4n) is 6.85. The van der Waals surface area contributed by atoms with Crippen molar-refractivity contribution in [2.24, 2.45) is 0 Å². The monoisotopic (exact) mass is 555 g/mol. The number of pyridine rings is 1. The number of aryl methyl sites for hydroxylation is 2. The van der Waals surface area contributed by atoms with Crippen LogP contribution >= 0.6 is 0 Å². The van der Waals surface area contributed by atoms with Gasteiger partial charge in [0.2, 0.25) is 6.79 Å². The third-order valence-corrected chi connectivity index (χ3v) is 8.92. The minimum atomic E-state index is -0.325. The molecule has 1 atom stereocenters. The molecule has 2 aromatic carbocycles. The summed E-state index contributed by atoms with van der Waals surface area (Å²) in [5, 5.41) is 14.3. The van der Waals surface area contributed by atoms with Crippen LogP contribution in [0.15, 0.2) is 41.2 Å². The summed E-state index contributed by atoms with van der Waals surface area (Å²) in [6.45, 7) is 8.62. The molecule has 0 radical (unpaired) electrons. The number of tetrazole rings is 1. The summed E-state index contributed by atoms with van der Waals surface area (Å²) in [6, 6.07) is 12.4. The van der Waals surface area contributed by atoms with Gasteiger partial charge in [0.15, 0.2) is 17.3 Å². The quantitative estimate of drug-likeness (QED) is 0.376. The lowest BCUT2D eigenvalue weighted by Gasteiger charge is -2.39. The Hall–Kier alpha value is -3.76. The SMILES string of the molecule is Cc1cc(C)c2[nH]c(=O)c([C@@H](c3nnnn3C3CCCCC3)N3CCN(Cc4ccc5c(c4)OCO5)CC3)cc2c1. The van der Waals surface area contributed by atoms with Crippen molar-refractivity contribution < 1.29 is 9.47 Å². The number of aromatic amines is 1. The van der Waals surface area contributed by atoms with Crippen molar-refractivity contribution in [3.63, 3.8) is 0 Å². The topological polar surface area (TPSA) is 101 Å². The van der Waals surface area contributed by atoms with Gasteiger partial charge in [0, 0.05) is 38.3 Å². The second kappa shape index (κ2) is 10.9. The smallest absolute Gasteiger partial charge is 0.253 e. The number of fused-ring (bicyclic) bond motifs is 2. The molecule has 2 aliphatic heterocycles. The third kappa shape index (κ3) is 5.10. The van der Waals surface area contributed by atoms with Gasteiger partial charge in [0.25, 0.3) is 5.56 Å². The Labute approximate surface area is 239 Å². The Morgan fingerprint density at radius 1 is 0.976 bits per heavy atom. The lowest BCUT2D eigenvalue weighted by molar-refractivity contribution is 0.0982. The first kappa shape index (κ1) is 26.2. The van der Waals surface area contributed by atoms with Gasteiger partial charge < -0.3 is 14.5 Å². The van der Waals surface area contributed by atoms with Crippen LogP contribution in [0, 0.1) is 13.8 Å². The van der Waals surface area contributed by atoms with Gasteiger partial charge in [-0.2, -0.15) is 0 Å². The number of piperazine rings is 1. The highest BCUT2D eigenvalue weighted by Crippen LogP contribution is 2.35. The summed E-state index contributed by atoms with van der Waals surface area (Å²) in [5.74, 6) is 2.40. The molecule has 214 valence electrons. The zero-order valence-electron chi connectivity index (χ0n) is 23.8. The lowest BCUT2D eigenvalue weighted by atomic mass is 9.95. The van der Waals surface area contributed by atoms with Gasteiger partial charge in [-0.15, -0.1) is 5.10 Å². The average molecular weight is 556 g/mol. The normalized spacial score (nSPS) is 19.2. The standard InChI is InChI=1S/C31H37N7O3/c1-20-14-21(2)28-23(15-20)17-25(31(39)32-28)29(30-33-34-35-38(30)24-6-4-3-5-7-24)37-12-10-36(11-13-37)18-22-8-9-26-27(16-22)41-19-40-26/h8-9,14-17,24,29H,3-7,10-13,18-19H2,1-2H3,(H,32,39)/t29-/m0/s1. The van der Waals surface area contributed by atoms with Crippen LogP contribution in [0.1, 0.15) is 72.3 Å². The summed E-state index contributed by atoms with van der Waals surface area (Å²) >= 11 is 0. The molecule has 0 amide bonds. The molecule has 10 heteroatoms. The maximum atomic E-state index is 13.7. The Morgan fingerprint density at radius 2 is 1.78 bits per heavy atom. The second-order valence-electron chi connectivity index (χ2n) is 11.8. The van der Waals surface area contributed by atoms with Crippen molar-refractivity contribution in [1.82, 2.24) is 35.0 Å². The van der Waals surface area contributed by atoms with E-state index < -0.39 is 0 Å². The van der Waals surface area contributed by atoms with E-state index in [1.165, 1.54) is 30.4 Å². The second-order valence-corrected chi connectivity index (χ2v) is 11.8. The molecule has 3 aliphatic rings. The van der Waals surface area contributed by atoms with E-state index >= 15 is 0 Å². The molecule has 0 unspecified atom stereocenters. The zero-order valence-corrected chi connectivity index (χ0v) is 23.8. The maximum absolute atomic E-state index is 13.7. The van der Waals surface area contributed by atoms with Gasteiger partial charge in [-0.25, -0.2) is 4.68 Å². The van der Waals surface area contributed by atoms with Crippen LogP contribution in [0.2, 0.25) is 0 Å². The van der Waals surface area contributed by atoms with Crippen LogP contribution in [0.25, 0.3) is 10.9 Å². The molecule has 1 saturated carbocycles. The molecule has 1 N–H and O–H groups in total. The van der Waals surface area contributed by atoms with E-state index in [1.54, 1.807) is 0 Å². The third-order valence-electron chi connectivity index (χ3n) is 8.92. The average Bonchev–Trinajstić information content (AvgIpc) is 3.65. The first-order chi connectivity index (χ1) is 20.0. The maximum Gasteiger partial charge on any atom is 0.253 e. The summed E-state index contributed by atoms with van der Waals surface area (Å²) in [6.07, 6.45) is 5.76. The summed E-state index contributed by atoms with van der Waals surface area (Å²) in [7, 11) is 0. The molecule has 7 rings (SSSR count). The predicted molar refractivity (Wildman–Crippen MR) is 155 cm³/mol. The van der Waals surface area contributed by atoms with Gasteiger partial charge in [-0.1, -0.05) is 37.0 Å². The number of hydrogen-bond acceptors (Lipinski definition) is 8. The molecule has 4 aromatic rings. The molecule has 4 heterocycles. The lowest BCUT2D eigenvalue weighted by Crippen LogP contribution is -2.48. The molecule has 2 fully saturated rings. The molecule has 1 saturated heterocycles. The van der Waals surface area contributed by atoms with E-state index in [0.29, 0.717) is 5.56 Å². The van der Waals surface area contributed by atoms with E-state index in [4.69, 9.17) is 9.47 Å². The molecular weight excluding hydrogens is 518 g/mol. The summed E-state index contributed by atoms with van der Waals surface area (Å²) in [4.78, 5) is 21.8. The number of nitrogens with zero attached hydrogens (tertiary/aromatic N) is 6. The van der Waals surface area contributed by atoms with E-state index in [9.17, 15) is 4.79 Å². The van der Waals surface area contributed by atoms with Crippen molar-refractivity contribution in [3.05, 3.63) is 74.8 Å². The molecule has 0 bridgehead atoms. The van der Waals surface area contributed by atoms with E-state index in [-0.39, 0.29) is 24.4 Å². The van der Waals surface area contributed by atoms with Crippen LogP contribution < -0.4 is 15.0 Å².